The largest absolute Gasteiger partial charge is 0.489 e. The van der Waals surface area contributed by atoms with Crippen LogP contribution in [0.25, 0.3) is 0 Å². The normalized spacial score (nSPS) is 10.1. The predicted molar refractivity (Wildman–Crippen MR) is 109 cm³/mol. The van der Waals surface area contributed by atoms with Gasteiger partial charge in [0.25, 0.3) is 11.8 Å². The van der Waals surface area contributed by atoms with E-state index in [2.05, 4.69) is 10.9 Å². The summed E-state index contributed by atoms with van der Waals surface area (Å²) in [6.45, 7) is 2.19. The molecule has 3 aromatic carbocycles. The van der Waals surface area contributed by atoms with Crippen LogP contribution in [-0.2, 0) is 11.4 Å². The summed E-state index contributed by atoms with van der Waals surface area (Å²) in [6.07, 6.45) is 0. The summed E-state index contributed by atoms with van der Waals surface area (Å²) in [4.78, 5) is 23.8. The molecular formula is C23H22N2O4. The first-order valence-electron chi connectivity index (χ1n) is 9.15. The molecular weight excluding hydrogens is 368 g/mol. The zero-order valence-electron chi connectivity index (χ0n) is 16.1. The molecule has 6 nitrogen and oxygen atoms in total. The molecule has 6 heteroatoms. The molecule has 0 aromatic heterocycles. The second-order valence-corrected chi connectivity index (χ2v) is 6.40. The maximum absolute atomic E-state index is 12.0. The Kier molecular flexibility index (Phi) is 6.84. The third-order valence-electron chi connectivity index (χ3n) is 4.07. The van der Waals surface area contributed by atoms with E-state index in [9.17, 15) is 9.59 Å². The van der Waals surface area contributed by atoms with Gasteiger partial charge in [0.2, 0.25) is 0 Å². The maximum atomic E-state index is 12.0. The van der Waals surface area contributed by atoms with Gasteiger partial charge in [-0.05, 0) is 48.9 Å². The quantitative estimate of drug-likeness (QED) is 0.606. The lowest BCUT2D eigenvalue weighted by Crippen LogP contribution is -2.43. The summed E-state index contributed by atoms with van der Waals surface area (Å²) in [7, 11) is 0. The van der Waals surface area contributed by atoms with E-state index in [4.69, 9.17) is 9.47 Å². The van der Waals surface area contributed by atoms with Gasteiger partial charge in [-0.2, -0.15) is 0 Å². The highest BCUT2D eigenvalue weighted by atomic mass is 16.5. The predicted octanol–water partition coefficient (Wildman–Crippen LogP) is 3.41. The number of nitrogens with one attached hydrogen (secondary N) is 2. The second-order valence-electron chi connectivity index (χ2n) is 6.40. The second kappa shape index (κ2) is 9.94. The summed E-state index contributed by atoms with van der Waals surface area (Å²) < 4.78 is 11.1. The number of carbonyl (C=O) groups is 2. The molecule has 2 amide bonds. The van der Waals surface area contributed by atoms with Gasteiger partial charge in [0.05, 0.1) is 0 Å². The third kappa shape index (κ3) is 6.39. The molecule has 0 radical (unpaired) electrons. The van der Waals surface area contributed by atoms with Crippen LogP contribution < -0.4 is 20.3 Å². The highest BCUT2D eigenvalue weighted by Gasteiger charge is 2.08. The third-order valence-corrected chi connectivity index (χ3v) is 4.07. The Morgan fingerprint density at radius 2 is 1.38 bits per heavy atom. The Balaban J connectivity index is 1.39. The van der Waals surface area contributed by atoms with Crippen LogP contribution in [0, 0.1) is 6.92 Å². The maximum Gasteiger partial charge on any atom is 0.276 e. The van der Waals surface area contributed by atoms with Crippen LogP contribution >= 0.6 is 0 Å². The van der Waals surface area contributed by atoms with Crippen molar-refractivity contribution in [1.82, 2.24) is 10.9 Å². The first-order valence-corrected chi connectivity index (χ1v) is 9.15. The van der Waals surface area contributed by atoms with Crippen molar-refractivity contribution in [3.05, 3.63) is 95.6 Å². The summed E-state index contributed by atoms with van der Waals surface area (Å²) in [5.41, 5.74) is 7.28. The molecule has 0 saturated carbocycles. The van der Waals surface area contributed by atoms with E-state index >= 15 is 0 Å². The number of carbonyl (C=O) groups excluding carboxylic acids is 2. The van der Waals surface area contributed by atoms with Crippen molar-refractivity contribution in [2.75, 3.05) is 6.61 Å². The molecule has 0 aliphatic carbocycles. The fraction of sp³-hybridized carbons (Fsp3) is 0.130. The van der Waals surface area contributed by atoms with Crippen molar-refractivity contribution in [1.29, 1.82) is 0 Å². The minimum absolute atomic E-state index is 0.224. The summed E-state index contributed by atoms with van der Waals surface area (Å²) >= 11 is 0. The van der Waals surface area contributed by atoms with Gasteiger partial charge in [-0.1, -0.05) is 48.0 Å². The number of rotatable bonds is 7. The molecule has 0 spiro atoms. The standard InChI is InChI=1S/C23H22N2O4/c1-17-7-9-19(10-8-17)23(27)25-24-22(26)16-29-21-13-11-20(12-14-21)28-15-18-5-3-2-4-6-18/h2-14H,15-16H2,1H3,(H,24,26)(H,25,27). The van der Waals surface area contributed by atoms with Gasteiger partial charge in [-0.25, -0.2) is 0 Å². The van der Waals surface area contributed by atoms with E-state index in [0.717, 1.165) is 11.1 Å². The van der Waals surface area contributed by atoms with Gasteiger partial charge >= 0.3 is 0 Å². The van der Waals surface area contributed by atoms with Crippen LogP contribution in [0.2, 0.25) is 0 Å². The van der Waals surface area contributed by atoms with E-state index in [1.807, 2.05) is 49.4 Å². The van der Waals surface area contributed by atoms with Crippen LogP contribution in [0.3, 0.4) is 0 Å². The van der Waals surface area contributed by atoms with E-state index in [-0.39, 0.29) is 6.61 Å². The lowest BCUT2D eigenvalue weighted by molar-refractivity contribution is -0.123. The van der Waals surface area contributed by atoms with Gasteiger partial charge in [-0.3, -0.25) is 20.4 Å². The monoisotopic (exact) mass is 390 g/mol. The highest BCUT2D eigenvalue weighted by molar-refractivity contribution is 5.95. The number of hydrogen-bond acceptors (Lipinski definition) is 4. The minimum Gasteiger partial charge on any atom is -0.489 e. The molecule has 0 unspecified atom stereocenters. The smallest absolute Gasteiger partial charge is 0.276 e. The molecule has 29 heavy (non-hydrogen) atoms. The van der Waals surface area contributed by atoms with Crippen LogP contribution in [-0.4, -0.2) is 18.4 Å². The lowest BCUT2D eigenvalue weighted by Gasteiger charge is -2.10. The number of aryl methyl sites for hydroxylation is 1. The molecule has 0 fully saturated rings. The zero-order chi connectivity index (χ0) is 20.5. The van der Waals surface area contributed by atoms with Crippen molar-refractivity contribution in [3.8, 4) is 11.5 Å². The molecule has 148 valence electrons. The molecule has 0 saturated heterocycles. The molecule has 3 rings (SSSR count). The summed E-state index contributed by atoms with van der Waals surface area (Å²) in [5, 5.41) is 0. The molecule has 0 bridgehead atoms. The Morgan fingerprint density at radius 3 is 2.03 bits per heavy atom. The molecule has 0 aliphatic rings. The van der Waals surface area contributed by atoms with Crippen molar-refractivity contribution >= 4 is 11.8 Å². The van der Waals surface area contributed by atoms with Gasteiger partial charge in [-0.15, -0.1) is 0 Å². The highest BCUT2D eigenvalue weighted by Crippen LogP contribution is 2.18. The Hall–Kier alpha value is -3.80. The fourth-order valence-electron chi connectivity index (χ4n) is 2.46. The Labute approximate surface area is 169 Å². The van der Waals surface area contributed by atoms with Crippen molar-refractivity contribution in [2.45, 2.75) is 13.5 Å². The van der Waals surface area contributed by atoms with E-state index in [0.29, 0.717) is 23.7 Å². The topological polar surface area (TPSA) is 76.7 Å². The first-order chi connectivity index (χ1) is 14.1. The molecule has 0 heterocycles. The minimum atomic E-state index is -0.463. The van der Waals surface area contributed by atoms with Crippen molar-refractivity contribution < 1.29 is 19.1 Å². The number of hydrogen-bond donors (Lipinski definition) is 2. The number of benzene rings is 3. The van der Waals surface area contributed by atoms with Gasteiger partial charge in [0.1, 0.15) is 18.1 Å². The van der Waals surface area contributed by atoms with Gasteiger partial charge < -0.3 is 9.47 Å². The Bertz CT molecular complexity index is 939. The van der Waals surface area contributed by atoms with Gasteiger partial charge in [0.15, 0.2) is 6.61 Å². The number of ether oxygens (including phenoxy) is 2. The van der Waals surface area contributed by atoms with E-state index in [1.54, 1.807) is 36.4 Å². The molecule has 2 N–H and O–H groups in total. The van der Waals surface area contributed by atoms with Crippen molar-refractivity contribution in [3.63, 3.8) is 0 Å². The Morgan fingerprint density at radius 1 is 0.759 bits per heavy atom. The number of amides is 2. The zero-order valence-corrected chi connectivity index (χ0v) is 16.1. The average molecular weight is 390 g/mol. The van der Waals surface area contributed by atoms with E-state index in [1.165, 1.54) is 0 Å². The first kappa shape index (κ1) is 19.9. The van der Waals surface area contributed by atoms with Gasteiger partial charge in [0, 0.05) is 5.56 Å². The molecule has 0 aliphatic heterocycles. The van der Waals surface area contributed by atoms with Crippen LogP contribution in [0.15, 0.2) is 78.9 Å². The summed E-state index contributed by atoms with van der Waals surface area (Å²) in [5.74, 6) is 0.376. The molecule has 3 aromatic rings. The fourth-order valence-corrected chi connectivity index (χ4v) is 2.46. The average Bonchev–Trinajstić information content (AvgIpc) is 2.76. The lowest BCUT2D eigenvalue weighted by atomic mass is 10.1. The molecule has 0 atom stereocenters. The van der Waals surface area contributed by atoms with Crippen LogP contribution in [0.1, 0.15) is 21.5 Å². The summed E-state index contributed by atoms with van der Waals surface area (Å²) in [6, 6.07) is 23.9. The SMILES string of the molecule is Cc1ccc(C(=O)NNC(=O)COc2ccc(OCc3ccccc3)cc2)cc1. The van der Waals surface area contributed by atoms with Crippen molar-refractivity contribution in [2.24, 2.45) is 0 Å². The van der Waals surface area contributed by atoms with Crippen LogP contribution in [0.4, 0.5) is 0 Å². The van der Waals surface area contributed by atoms with E-state index < -0.39 is 11.8 Å². The van der Waals surface area contributed by atoms with Crippen LogP contribution in [0.5, 0.6) is 11.5 Å². The number of hydrazine groups is 1.